The number of aromatic nitrogens is 7. The van der Waals surface area contributed by atoms with Gasteiger partial charge in [0.05, 0.1) is 27.8 Å². The van der Waals surface area contributed by atoms with Crippen molar-refractivity contribution in [3.8, 4) is 11.4 Å². The third kappa shape index (κ3) is 2.69. The van der Waals surface area contributed by atoms with Crippen LogP contribution in [0.25, 0.3) is 77.1 Å². The summed E-state index contributed by atoms with van der Waals surface area (Å²) in [5.74, 6) is 0. The highest BCUT2D eigenvalue weighted by atomic mass is 16.3. The predicted octanol–water partition coefficient (Wildman–Crippen LogP) is 6.76. The molecule has 9 aromatic rings. The lowest BCUT2D eigenvalue weighted by atomic mass is 10.2. The van der Waals surface area contributed by atoms with Gasteiger partial charge >= 0.3 is 0 Å². The fraction of sp³-hybridized carbons (Fsp3) is 0. The van der Waals surface area contributed by atoms with Crippen molar-refractivity contribution in [2.24, 2.45) is 0 Å². The van der Waals surface area contributed by atoms with Crippen LogP contribution >= 0.6 is 0 Å². The zero-order valence-corrected chi connectivity index (χ0v) is 20.4. The lowest BCUT2D eigenvalue weighted by Crippen LogP contribution is -1.95. The van der Waals surface area contributed by atoms with Crippen LogP contribution in [0.3, 0.4) is 0 Å². The Labute approximate surface area is 219 Å². The molecule has 0 spiro atoms. The second-order valence-corrected chi connectivity index (χ2v) is 9.53. The molecule has 0 saturated heterocycles. The summed E-state index contributed by atoms with van der Waals surface area (Å²) in [5, 5.41) is 5.16. The molecule has 0 saturated carbocycles. The van der Waals surface area contributed by atoms with Crippen molar-refractivity contribution in [3.63, 3.8) is 0 Å². The summed E-state index contributed by atoms with van der Waals surface area (Å²) in [6.45, 7) is 0. The van der Waals surface area contributed by atoms with E-state index in [1.165, 1.54) is 0 Å². The Kier molecular flexibility index (Phi) is 3.90. The van der Waals surface area contributed by atoms with Crippen molar-refractivity contribution in [1.29, 1.82) is 0 Å². The molecule has 0 fully saturated rings. The highest BCUT2D eigenvalue weighted by molar-refractivity contribution is 6.12. The maximum atomic E-state index is 6.51. The first-order chi connectivity index (χ1) is 19.4. The van der Waals surface area contributed by atoms with E-state index in [2.05, 4.69) is 41.2 Å². The van der Waals surface area contributed by atoms with Crippen molar-refractivity contribution in [2.75, 3.05) is 0 Å². The molecule has 0 atom stereocenters. The van der Waals surface area contributed by atoms with E-state index in [0.717, 1.165) is 77.1 Å². The van der Waals surface area contributed by atoms with E-state index in [9.17, 15) is 0 Å². The van der Waals surface area contributed by atoms with Crippen molar-refractivity contribution in [3.05, 3.63) is 104 Å². The molecule has 8 heterocycles. The van der Waals surface area contributed by atoms with Crippen LogP contribution in [0.2, 0.25) is 0 Å². The van der Waals surface area contributed by atoms with E-state index in [1.807, 2.05) is 92.2 Å². The maximum absolute atomic E-state index is 6.51. The van der Waals surface area contributed by atoms with Crippen LogP contribution in [0.4, 0.5) is 0 Å². The molecule has 9 rings (SSSR count). The molecule has 0 aliphatic heterocycles. The summed E-state index contributed by atoms with van der Waals surface area (Å²) < 4.78 is 11.0. The molecule has 8 nitrogen and oxygen atoms in total. The second kappa shape index (κ2) is 7.45. The van der Waals surface area contributed by atoms with E-state index in [4.69, 9.17) is 9.40 Å². The molecule has 8 aromatic heterocycles. The van der Waals surface area contributed by atoms with Gasteiger partial charge in [0.25, 0.3) is 0 Å². The Bertz CT molecular complexity index is 2310. The Morgan fingerprint density at radius 1 is 0.513 bits per heavy atom. The van der Waals surface area contributed by atoms with Gasteiger partial charge in [-0.2, -0.15) is 0 Å². The van der Waals surface area contributed by atoms with Gasteiger partial charge in [-0.3, -0.25) is 24.9 Å². The largest absolute Gasteiger partial charge is 0.452 e. The average Bonchev–Trinajstić information content (AvgIpc) is 3.65. The number of hydrogen-bond acceptors (Lipinski definition) is 6. The fourth-order valence-corrected chi connectivity index (χ4v) is 5.90. The van der Waals surface area contributed by atoms with Gasteiger partial charge in [0, 0.05) is 88.4 Å². The molecule has 0 bridgehead atoms. The monoisotopic (exact) mass is 503 g/mol. The lowest BCUT2D eigenvalue weighted by Gasteiger charge is -2.08. The quantitative estimate of drug-likeness (QED) is 0.259. The Morgan fingerprint density at radius 3 is 1.62 bits per heavy atom. The van der Waals surface area contributed by atoms with Crippen LogP contribution < -0.4 is 0 Å². The number of nitrogens with zero attached hydrogens (tertiary/aromatic N) is 7. The third-order valence-corrected chi connectivity index (χ3v) is 7.55. The molecule has 0 radical (unpaired) electrons. The lowest BCUT2D eigenvalue weighted by molar-refractivity contribution is 0.665. The topological polar surface area (TPSA) is 87.5 Å². The SMILES string of the molecule is c1cc2c(cn1)c1cnccc1n2-c1ccc2oc3c(-n4c5ccncc5c5cnccc54)ccnc3c2c1. The molecule has 0 N–H and O–H groups in total. The summed E-state index contributed by atoms with van der Waals surface area (Å²) >= 11 is 0. The van der Waals surface area contributed by atoms with Crippen LogP contribution in [0.1, 0.15) is 0 Å². The number of rotatable bonds is 2. The highest BCUT2D eigenvalue weighted by Gasteiger charge is 2.19. The summed E-state index contributed by atoms with van der Waals surface area (Å²) in [6, 6.07) is 16.4. The van der Waals surface area contributed by atoms with Gasteiger partial charge in [0.1, 0.15) is 11.1 Å². The number of hydrogen-bond donors (Lipinski definition) is 0. The van der Waals surface area contributed by atoms with Crippen LogP contribution in [0.15, 0.2) is 109 Å². The van der Waals surface area contributed by atoms with Crippen molar-refractivity contribution in [1.82, 2.24) is 34.1 Å². The van der Waals surface area contributed by atoms with E-state index >= 15 is 0 Å². The minimum atomic E-state index is 0.729. The Morgan fingerprint density at radius 2 is 1.05 bits per heavy atom. The van der Waals surface area contributed by atoms with Gasteiger partial charge in [0.15, 0.2) is 5.58 Å². The molecule has 8 heteroatoms. The average molecular weight is 504 g/mol. The van der Waals surface area contributed by atoms with Crippen molar-refractivity contribution < 1.29 is 4.42 Å². The second-order valence-electron chi connectivity index (χ2n) is 9.53. The molecule has 0 unspecified atom stereocenters. The van der Waals surface area contributed by atoms with E-state index in [-0.39, 0.29) is 0 Å². The first-order valence-electron chi connectivity index (χ1n) is 12.6. The van der Waals surface area contributed by atoms with E-state index in [0.29, 0.717) is 0 Å². The summed E-state index contributed by atoms with van der Waals surface area (Å²) in [6.07, 6.45) is 16.7. The molecule has 1 aromatic carbocycles. The highest BCUT2D eigenvalue weighted by Crippen LogP contribution is 2.38. The van der Waals surface area contributed by atoms with Gasteiger partial charge in [-0.1, -0.05) is 0 Å². The Balaban J connectivity index is 1.34. The minimum Gasteiger partial charge on any atom is -0.452 e. The predicted molar refractivity (Wildman–Crippen MR) is 151 cm³/mol. The van der Waals surface area contributed by atoms with Gasteiger partial charge in [-0.05, 0) is 48.5 Å². The van der Waals surface area contributed by atoms with E-state index in [1.54, 1.807) is 0 Å². The molecule has 182 valence electrons. The standard InChI is InChI=1S/C31H17N7O/c1-2-29-19(13-18(1)37-24-3-8-32-14-20(24)21-15-33-9-4-25(21)37)30-31(39-29)28(7-12-36-30)38-26-5-10-34-16-22(26)23-17-35-11-6-27(23)38/h1-17H. The van der Waals surface area contributed by atoms with Gasteiger partial charge in [-0.15, -0.1) is 0 Å². The molecular weight excluding hydrogens is 486 g/mol. The first-order valence-corrected chi connectivity index (χ1v) is 12.6. The van der Waals surface area contributed by atoms with Crippen molar-refractivity contribution >= 4 is 65.7 Å². The Hall–Kier alpha value is -5.63. The number of furan rings is 1. The molecule has 0 aliphatic rings. The summed E-state index contributed by atoms with van der Waals surface area (Å²) in [7, 11) is 0. The summed E-state index contributed by atoms with van der Waals surface area (Å²) in [5.41, 5.74) is 8.47. The minimum absolute atomic E-state index is 0.729. The van der Waals surface area contributed by atoms with Crippen LogP contribution in [-0.2, 0) is 0 Å². The van der Waals surface area contributed by atoms with Gasteiger partial charge < -0.3 is 13.6 Å². The van der Waals surface area contributed by atoms with Crippen molar-refractivity contribution in [2.45, 2.75) is 0 Å². The molecule has 39 heavy (non-hydrogen) atoms. The maximum Gasteiger partial charge on any atom is 0.177 e. The van der Waals surface area contributed by atoms with Gasteiger partial charge in [-0.25, -0.2) is 0 Å². The smallest absolute Gasteiger partial charge is 0.177 e. The fourth-order valence-electron chi connectivity index (χ4n) is 5.90. The first kappa shape index (κ1) is 20.4. The molecule has 0 amide bonds. The van der Waals surface area contributed by atoms with Crippen LogP contribution in [0, 0.1) is 0 Å². The zero-order chi connectivity index (χ0) is 25.5. The number of benzene rings is 1. The normalized spacial score (nSPS) is 12.1. The van der Waals surface area contributed by atoms with Crippen LogP contribution in [-0.4, -0.2) is 34.1 Å². The number of pyridine rings is 5. The zero-order valence-electron chi connectivity index (χ0n) is 20.4. The van der Waals surface area contributed by atoms with E-state index < -0.39 is 0 Å². The molecule has 0 aliphatic carbocycles. The third-order valence-electron chi connectivity index (χ3n) is 7.55. The van der Waals surface area contributed by atoms with Gasteiger partial charge in [0.2, 0.25) is 0 Å². The summed E-state index contributed by atoms with van der Waals surface area (Å²) in [4.78, 5) is 22.2. The van der Waals surface area contributed by atoms with Crippen LogP contribution in [0.5, 0.6) is 0 Å². The number of fused-ring (bicyclic) bond motifs is 9. The molecular formula is C31H17N7O.